The number of benzene rings is 1. The summed E-state index contributed by atoms with van der Waals surface area (Å²) in [6, 6.07) is 6.76. The maximum absolute atomic E-state index is 12.0. The van der Waals surface area contributed by atoms with Crippen LogP contribution in [0, 0.1) is 0 Å². The standard InChI is InChI=1S/C12H17NO3S/c14-11-3-1-2-10(8-11)5-7-17(15,16)12-4-6-13-9-12/h1-3,8,12-14H,4-7,9H2. The second-order valence-corrected chi connectivity index (χ2v) is 6.80. The SMILES string of the molecule is O=S(=O)(CCc1cccc(O)c1)C1CCNC1. The minimum absolute atomic E-state index is 0.156. The summed E-state index contributed by atoms with van der Waals surface area (Å²) in [7, 11) is -3.02. The van der Waals surface area contributed by atoms with Gasteiger partial charge in [0.25, 0.3) is 0 Å². The van der Waals surface area contributed by atoms with Gasteiger partial charge in [-0.1, -0.05) is 12.1 Å². The van der Waals surface area contributed by atoms with Crippen molar-refractivity contribution >= 4 is 9.84 Å². The second kappa shape index (κ2) is 5.06. The number of sulfone groups is 1. The summed E-state index contributed by atoms with van der Waals surface area (Å²) < 4.78 is 24.0. The first-order valence-corrected chi connectivity index (χ1v) is 7.50. The van der Waals surface area contributed by atoms with Gasteiger partial charge in [-0.05, 0) is 37.1 Å². The van der Waals surface area contributed by atoms with E-state index in [1.54, 1.807) is 18.2 Å². The summed E-state index contributed by atoms with van der Waals surface area (Å²) in [5.74, 6) is 0.338. The van der Waals surface area contributed by atoms with E-state index in [9.17, 15) is 13.5 Å². The molecule has 17 heavy (non-hydrogen) atoms. The molecular formula is C12H17NO3S. The number of rotatable bonds is 4. The van der Waals surface area contributed by atoms with Crippen LogP contribution in [0.3, 0.4) is 0 Å². The minimum atomic E-state index is -3.02. The average Bonchev–Trinajstić information content (AvgIpc) is 2.81. The molecule has 0 radical (unpaired) electrons. The predicted molar refractivity (Wildman–Crippen MR) is 66.9 cm³/mol. The molecule has 0 aromatic heterocycles. The van der Waals surface area contributed by atoms with Gasteiger partial charge >= 0.3 is 0 Å². The molecule has 1 unspecified atom stereocenters. The van der Waals surface area contributed by atoms with Crippen LogP contribution in [0.2, 0.25) is 0 Å². The molecule has 1 aromatic rings. The monoisotopic (exact) mass is 255 g/mol. The molecule has 1 aliphatic rings. The zero-order valence-electron chi connectivity index (χ0n) is 9.59. The van der Waals surface area contributed by atoms with E-state index in [1.807, 2.05) is 6.07 Å². The number of phenolic OH excluding ortho intramolecular Hbond substituents is 1. The number of aryl methyl sites for hydroxylation is 1. The third kappa shape index (κ3) is 3.20. The van der Waals surface area contributed by atoms with Gasteiger partial charge in [-0.25, -0.2) is 8.42 Å². The molecule has 1 heterocycles. The first-order chi connectivity index (χ1) is 8.08. The lowest BCUT2D eigenvalue weighted by molar-refractivity contribution is 0.474. The maximum Gasteiger partial charge on any atom is 0.154 e. The third-order valence-corrected chi connectivity index (χ3v) is 5.30. The van der Waals surface area contributed by atoms with Crippen LogP contribution in [0.25, 0.3) is 0 Å². The van der Waals surface area contributed by atoms with Crippen molar-refractivity contribution in [1.82, 2.24) is 5.32 Å². The topological polar surface area (TPSA) is 66.4 Å². The Kier molecular flexibility index (Phi) is 3.69. The molecule has 0 saturated carbocycles. The smallest absolute Gasteiger partial charge is 0.154 e. The Labute approximate surface area is 102 Å². The second-order valence-electron chi connectivity index (χ2n) is 4.40. The van der Waals surface area contributed by atoms with Crippen molar-refractivity contribution in [3.63, 3.8) is 0 Å². The van der Waals surface area contributed by atoms with Crippen LogP contribution in [-0.2, 0) is 16.3 Å². The first-order valence-electron chi connectivity index (χ1n) is 5.78. The molecule has 1 aromatic carbocycles. The highest BCUT2D eigenvalue weighted by molar-refractivity contribution is 7.92. The van der Waals surface area contributed by atoms with Crippen molar-refractivity contribution in [2.75, 3.05) is 18.8 Å². The Morgan fingerprint density at radius 1 is 1.41 bits per heavy atom. The van der Waals surface area contributed by atoms with Crippen molar-refractivity contribution in [3.05, 3.63) is 29.8 Å². The summed E-state index contributed by atoms with van der Waals surface area (Å²) in [6.45, 7) is 1.36. The quantitative estimate of drug-likeness (QED) is 0.831. The fourth-order valence-corrected chi connectivity index (χ4v) is 3.78. The van der Waals surface area contributed by atoms with Crippen molar-refractivity contribution in [2.45, 2.75) is 18.1 Å². The lowest BCUT2D eigenvalue weighted by atomic mass is 10.2. The Balaban J connectivity index is 1.97. The Morgan fingerprint density at radius 3 is 2.88 bits per heavy atom. The lowest BCUT2D eigenvalue weighted by Gasteiger charge is -2.10. The van der Waals surface area contributed by atoms with Crippen LogP contribution in [0.4, 0.5) is 0 Å². The first kappa shape index (κ1) is 12.4. The fraction of sp³-hybridized carbons (Fsp3) is 0.500. The number of hydrogen-bond donors (Lipinski definition) is 2. The average molecular weight is 255 g/mol. The van der Waals surface area contributed by atoms with Gasteiger partial charge in [0, 0.05) is 6.54 Å². The number of phenols is 1. The third-order valence-electron chi connectivity index (χ3n) is 3.11. The number of aromatic hydroxyl groups is 1. The van der Waals surface area contributed by atoms with Crippen LogP contribution in [0.5, 0.6) is 5.75 Å². The van der Waals surface area contributed by atoms with Crippen molar-refractivity contribution < 1.29 is 13.5 Å². The zero-order valence-corrected chi connectivity index (χ0v) is 10.4. The lowest BCUT2D eigenvalue weighted by Crippen LogP contribution is -2.27. The minimum Gasteiger partial charge on any atom is -0.508 e. The van der Waals surface area contributed by atoms with E-state index in [1.165, 1.54) is 0 Å². The Bertz CT molecular complexity index is 478. The molecule has 1 saturated heterocycles. The highest BCUT2D eigenvalue weighted by Gasteiger charge is 2.27. The summed E-state index contributed by atoms with van der Waals surface area (Å²) >= 11 is 0. The van der Waals surface area contributed by atoms with Crippen LogP contribution in [0.1, 0.15) is 12.0 Å². The molecule has 5 heteroatoms. The van der Waals surface area contributed by atoms with Crippen molar-refractivity contribution in [1.29, 1.82) is 0 Å². The van der Waals surface area contributed by atoms with Gasteiger partial charge in [-0.2, -0.15) is 0 Å². The van der Waals surface area contributed by atoms with E-state index in [0.717, 1.165) is 12.1 Å². The van der Waals surface area contributed by atoms with E-state index in [-0.39, 0.29) is 16.8 Å². The highest BCUT2D eigenvalue weighted by atomic mass is 32.2. The predicted octanol–water partition coefficient (Wildman–Crippen LogP) is 0.711. The highest BCUT2D eigenvalue weighted by Crippen LogP contribution is 2.15. The zero-order chi connectivity index (χ0) is 12.3. The summed E-state index contributed by atoms with van der Waals surface area (Å²) in [4.78, 5) is 0. The van der Waals surface area contributed by atoms with Gasteiger partial charge in [0.05, 0.1) is 11.0 Å². The van der Waals surface area contributed by atoms with E-state index in [4.69, 9.17) is 0 Å². The van der Waals surface area contributed by atoms with Crippen molar-refractivity contribution in [3.8, 4) is 5.75 Å². The van der Waals surface area contributed by atoms with E-state index < -0.39 is 9.84 Å². The van der Waals surface area contributed by atoms with Gasteiger partial charge in [0.1, 0.15) is 5.75 Å². The van der Waals surface area contributed by atoms with E-state index in [0.29, 0.717) is 19.4 Å². The van der Waals surface area contributed by atoms with Gasteiger partial charge in [-0.3, -0.25) is 0 Å². The summed E-state index contributed by atoms with van der Waals surface area (Å²) in [6.07, 6.45) is 1.18. The Morgan fingerprint density at radius 2 is 2.24 bits per heavy atom. The van der Waals surface area contributed by atoms with E-state index >= 15 is 0 Å². The number of nitrogens with one attached hydrogen (secondary N) is 1. The van der Waals surface area contributed by atoms with E-state index in [2.05, 4.69) is 5.32 Å². The molecule has 0 spiro atoms. The van der Waals surface area contributed by atoms with Gasteiger partial charge < -0.3 is 10.4 Å². The molecule has 2 N–H and O–H groups in total. The molecular weight excluding hydrogens is 238 g/mol. The maximum atomic E-state index is 12.0. The molecule has 0 bridgehead atoms. The largest absolute Gasteiger partial charge is 0.508 e. The normalized spacial score (nSPS) is 20.6. The molecule has 0 aliphatic carbocycles. The Hall–Kier alpha value is -1.07. The molecule has 0 amide bonds. The molecule has 2 rings (SSSR count). The van der Waals surface area contributed by atoms with Gasteiger partial charge in [0.2, 0.25) is 0 Å². The molecule has 1 fully saturated rings. The van der Waals surface area contributed by atoms with Gasteiger partial charge in [0.15, 0.2) is 9.84 Å². The molecule has 4 nitrogen and oxygen atoms in total. The molecule has 94 valence electrons. The fourth-order valence-electron chi connectivity index (χ4n) is 2.07. The van der Waals surface area contributed by atoms with Crippen LogP contribution < -0.4 is 5.32 Å². The summed E-state index contributed by atoms with van der Waals surface area (Å²) in [5.41, 5.74) is 0.861. The van der Waals surface area contributed by atoms with Crippen LogP contribution in [0.15, 0.2) is 24.3 Å². The van der Waals surface area contributed by atoms with Crippen LogP contribution in [-0.4, -0.2) is 37.6 Å². The molecule has 1 atom stereocenters. The summed E-state index contributed by atoms with van der Waals surface area (Å²) in [5, 5.41) is 12.1. The van der Waals surface area contributed by atoms with Crippen LogP contribution >= 0.6 is 0 Å². The number of hydrogen-bond acceptors (Lipinski definition) is 4. The van der Waals surface area contributed by atoms with Gasteiger partial charge in [-0.15, -0.1) is 0 Å². The molecule has 1 aliphatic heterocycles. The van der Waals surface area contributed by atoms with Crippen molar-refractivity contribution in [2.24, 2.45) is 0 Å².